The number of nitriles is 1. The lowest BCUT2D eigenvalue weighted by Gasteiger charge is -2.11. The van der Waals surface area contributed by atoms with Gasteiger partial charge in [0.25, 0.3) is 0 Å². The molecule has 136 valence electrons. The Labute approximate surface area is 152 Å². The lowest BCUT2D eigenvalue weighted by atomic mass is 9.93. The molecule has 0 aromatic heterocycles. The third-order valence-electron chi connectivity index (χ3n) is 3.34. The Balaban J connectivity index is 0.000000597. The van der Waals surface area contributed by atoms with Crippen LogP contribution in [-0.2, 0) is 16.0 Å². The molecule has 26 heavy (non-hydrogen) atoms. The number of carboxylic acids is 2. The molecule has 0 aliphatic heterocycles. The Kier molecular flexibility index (Phi) is 10.4. The van der Waals surface area contributed by atoms with E-state index in [9.17, 15) is 9.59 Å². The maximum atomic E-state index is 9.55. The van der Waals surface area contributed by atoms with E-state index in [0.717, 1.165) is 12.0 Å². The Morgan fingerprint density at radius 1 is 1.04 bits per heavy atom. The predicted molar refractivity (Wildman–Crippen MR) is 99.2 cm³/mol. The fraction of sp³-hybridized carbons (Fsp3) is 0.150. The number of aliphatic carboxylic acids is 2. The fourth-order valence-electron chi connectivity index (χ4n) is 2.16. The van der Waals surface area contributed by atoms with Gasteiger partial charge in [0.05, 0.1) is 11.6 Å². The summed E-state index contributed by atoms with van der Waals surface area (Å²) in [5, 5.41) is 24.5. The summed E-state index contributed by atoms with van der Waals surface area (Å²) in [5.41, 5.74) is 3.30. The van der Waals surface area contributed by atoms with Gasteiger partial charge in [-0.2, -0.15) is 5.26 Å². The molecule has 0 bridgehead atoms. The summed E-state index contributed by atoms with van der Waals surface area (Å²) in [5.74, 6) is -2.04. The van der Waals surface area contributed by atoms with Gasteiger partial charge in [0, 0.05) is 12.2 Å². The van der Waals surface area contributed by atoms with E-state index in [1.54, 1.807) is 0 Å². The van der Waals surface area contributed by atoms with Gasteiger partial charge in [-0.05, 0) is 35.6 Å². The first-order valence-electron chi connectivity index (χ1n) is 7.60. The molecule has 0 radical (unpaired) electrons. The number of rotatable bonds is 5. The number of carboxylic acid groups (broad SMARTS) is 2. The first-order valence-corrected chi connectivity index (χ1v) is 7.60. The van der Waals surface area contributed by atoms with Crippen LogP contribution in [0.3, 0.4) is 0 Å². The molecule has 0 spiro atoms. The van der Waals surface area contributed by atoms with E-state index < -0.39 is 11.9 Å². The molecule has 5 N–H and O–H groups in total. The summed E-state index contributed by atoms with van der Waals surface area (Å²) < 4.78 is 0. The van der Waals surface area contributed by atoms with Crippen molar-refractivity contribution in [2.24, 2.45) is 0 Å². The Bertz CT molecular complexity index is 764. The first-order chi connectivity index (χ1) is 11.9. The average Bonchev–Trinajstić information content (AvgIpc) is 2.61. The van der Waals surface area contributed by atoms with Gasteiger partial charge in [0.1, 0.15) is 0 Å². The maximum Gasteiger partial charge on any atom is 0.328 e. The summed E-state index contributed by atoms with van der Waals surface area (Å²) in [6, 6.07) is 20.5. The second-order valence-corrected chi connectivity index (χ2v) is 5.34. The maximum absolute atomic E-state index is 9.55. The predicted octanol–water partition coefficient (Wildman–Crippen LogP) is 3.78. The van der Waals surface area contributed by atoms with Gasteiger partial charge in [0.15, 0.2) is 0 Å². The van der Waals surface area contributed by atoms with Crippen LogP contribution in [0, 0.1) is 11.3 Å². The molecule has 0 saturated carbocycles. The molecule has 0 heterocycles. The SMILES string of the molecule is CC(Cc1cccc(C#N)c1)c1ccccc1.N.O=C(O)C=CC(=O)O. The van der Waals surface area contributed by atoms with E-state index in [2.05, 4.69) is 43.3 Å². The van der Waals surface area contributed by atoms with Crippen LogP contribution in [-0.4, -0.2) is 22.2 Å². The zero-order valence-electron chi connectivity index (χ0n) is 14.5. The van der Waals surface area contributed by atoms with Crippen molar-refractivity contribution >= 4 is 11.9 Å². The van der Waals surface area contributed by atoms with E-state index in [0.29, 0.717) is 18.1 Å². The molecule has 2 aromatic carbocycles. The summed E-state index contributed by atoms with van der Waals surface area (Å²) in [6.07, 6.45) is 2.09. The molecule has 0 amide bonds. The van der Waals surface area contributed by atoms with Gasteiger partial charge < -0.3 is 16.4 Å². The zero-order valence-corrected chi connectivity index (χ0v) is 14.5. The van der Waals surface area contributed by atoms with Crippen LogP contribution in [0.25, 0.3) is 0 Å². The van der Waals surface area contributed by atoms with E-state index in [1.165, 1.54) is 11.1 Å². The number of nitrogens with zero attached hydrogens (tertiary/aromatic N) is 1. The van der Waals surface area contributed by atoms with Crippen molar-refractivity contribution in [2.75, 3.05) is 0 Å². The molecule has 6 heteroatoms. The van der Waals surface area contributed by atoms with Gasteiger partial charge in [0.2, 0.25) is 0 Å². The van der Waals surface area contributed by atoms with Crippen molar-refractivity contribution < 1.29 is 19.8 Å². The van der Waals surface area contributed by atoms with Gasteiger partial charge in [-0.15, -0.1) is 0 Å². The second kappa shape index (κ2) is 12.0. The summed E-state index contributed by atoms with van der Waals surface area (Å²) in [7, 11) is 0. The molecule has 1 unspecified atom stereocenters. The summed E-state index contributed by atoms with van der Waals surface area (Å²) in [6.45, 7) is 2.22. The van der Waals surface area contributed by atoms with Crippen LogP contribution in [0.5, 0.6) is 0 Å². The number of benzene rings is 2. The van der Waals surface area contributed by atoms with Crippen molar-refractivity contribution in [1.29, 1.82) is 5.26 Å². The lowest BCUT2D eigenvalue weighted by molar-refractivity contribution is -0.134. The van der Waals surface area contributed by atoms with Crippen LogP contribution in [0.4, 0.5) is 0 Å². The smallest absolute Gasteiger partial charge is 0.328 e. The van der Waals surface area contributed by atoms with E-state index >= 15 is 0 Å². The monoisotopic (exact) mass is 354 g/mol. The minimum atomic E-state index is -1.26. The van der Waals surface area contributed by atoms with Crippen molar-refractivity contribution in [3.8, 4) is 6.07 Å². The van der Waals surface area contributed by atoms with E-state index in [1.807, 2.05) is 24.3 Å². The molecular formula is C20H22N2O4. The highest BCUT2D eigenvalue weighted by atomic mass is 16.4. The minimum Gasteiger partial charge on any atom is -0.478 e. The van der Waals surface area contributed by atoms with Crippen LogP contribution >= 0.6 is 0 Å². The highest BCUT2D eigenvalue weighted by molar-refractivity contribution is 5.89. The fourth-order valence-corrected chi connectivity index (χ4v) is 2.16. The Morgan fingerprint density at radius 3 is 2.12 bits per heavy atom. The Morgan fingerprint density at radius 2 is 1.62 bits per heavy atom. The number of hydrogen-bond donors (Lipinski definition) is 3. The minimum absolute atomic E-state index is 0. The van der Waals surface area contributed by atoms with Gasteiger partial charge in [-0.25, -0.2) is 9.59 Å². The average molecular weight is 354 g/mol. The molecule has 0 aliphatic rings. The molecule has 2 aromatic rings. The molecule has 2 rings (SSSR count). The van der Waals surface area contributed by atoms with Gasteiger partial charge in [-0.1, -0.05) is 49.4 Å². The van der Waals surface area contributed by atoms with E-state index in [4.69, 9.17) is 15.5 Å². The summed E-state index contributed by atoms with van der Waals surface area (Å²) in [4.78, 5) is 19.1. The number of hydrogen-bond acceptors (Lipinski definition) is 4. The topological polar surface area (TPSA) is 133 Å². The first kappa shape index (κ1) is 22.6. The summed E-state index contributed by atoms with van der Waals surface area (Å²) >= 11 is 0. The van der Waals surface area contributed by atoms with Crippen LogP contribution < -0.4 is 6.15 Å². The third kappa shape index (κ3) is 9.01. The molecule has 0 aliphatic carbocycles. The van der Waals surface area contributed by atoms with Crippen LogP contribution in [0.15, 0.2) is 66.7 Å². The lowest BCUT2D eigenvalue weighted by Crippen LogP contribution is -1.98. The largest absolute Gasteiger partial charge is 0.478 e. The second-order valence-electron chi connectivity index (χ2n) is 5.34. The van der Waals surface area contributed by atoms with Gasteiger partial charge >= 0.3 is 11.9 Å². The number of carbonyl (C=O) groups is 2. The standard InChI is InChI=1S/C16H15N.C4H4O4.H3N/c1-13(16-8-3-2-4-9-16)10-14-6-5-7-15(11-14)12-17;5-3(6)1-2-4(7)8;/h2-9,11,13H,10H2,1H3;1-2H,(H,5,6)(H,7,8);1H3. The molecule has 1 atom stereocenters. The molecule has 0 saturated heterocycles. The Hall–Kier alpha value is -3.43. The van der Waals surface area contributed by atoms with Crippen molar-refractivity contribution in [2.45, 2.75) is 19.3 Å². The quantitative estimate of drug-likeness (QED) is 0.700. The molecule has 0 fully saturated rings. The van der Waals surface area contributed by atoms with Crippen LogP contribution in [0.2, 0.25) is 0 Å². The van der Waals surface area contributed by atoms with Crippen molar-refractivity contribution in [1.82, 2.24) is 6.15 Å². The molecule has 6 nitrogen and oxygen atoms in total. The van der Waals surface area contributed by atoms with Crippen LogP contribution in [0.1, 0.15) is 29.5 Å². The van der Waals surface area contributed by atoms with Gasteiger partial charge in [-0.3, -0.25) is 0 Å². The van der Waals surface area contributed by atoms with E-state index in [-0.39, 0.29) is 6.15 Å². The third-order valence-corrected chi connectivity index (χ3v) is 3.34. The highest BCUT2D eigenvalue weighted by Gasteiger charge is 2.06. The highest BCUT2D eigenvalue weighted by Crippen LogP contribution is 2.20. The van der Waals surface area contributed by atoms with Crippen molar-refractivity contribution in [3.63, 3.8) is 0 Å². The van der Waals surface area contributed by atoms with Crippen molar-refractivity contribution in [3.05, 3.63) is 83.4 Å². The zero-order chi connectivity index (χ0) is 18.7. The normalized spacial score (nSPS) is 10.6. The molecular weight excluding hydrogens is 332 g/mol.